The van der Waals surface area contributed by atoms with Gasteiger partial charge in [-0.15, -0.1) is 0 Å². The summed E-state index contributed by atoms with van der Waals surface area (Å²) in [5.41, 5.74) is 3.99. The number of hydrogen-bond acceptors (Lipinski definition) is 1. The molecule has 1 heterocycles. The first-order valence-electron chi connectivity index (χ1n) is 6.55. The quantitative estimate of drug-likeness (QED) is 0.793. The molecule has 2 rings (SSSR count). The van der Waals surface area contributed by atoms with Crippen molar-refractivity contribution in [3.8, 4) is 11.4 Å². The lowest BCUT2D eigenvalue weighted by molar-refractivity contribution is 0.507. The molecule has 2 nitrogen and oxygen atoms in total. The highest BCUT2D eigenvalue weighted by Crippen LogP contribution is 2.34. The van der Waals surface area contributed by atoms with Gasteiger partial charge in [-0.2, -0.15) is 0 Å². The number of benzene rings is 1. The zero-order valence-electron chi connectivity index (χ0n) is 12.0. The SMILES string of the molecule is CCC(C)(C)c1ccccc1-c1ncc(C)n1C. The van der Waals surface area contributed by atoms with Crippen molar-refractivity contribution in [2.75, 3.05) is 0 Å². The van der Waals surface area contributed by atoms with E-state index in [2.05, 4.69) is 68.6 Å². The fraction of sp³-hybridized carbons (Fsp3) is 0.438. The van der Waals surface area contributed by atoms with E-state index in [4.69, 9.17) is 0 Å². The van der Waals surface area contributed by atoms with E-state index in [1.165, 1.54) is 16.8 Å². The first-order chi connectivity index (χ1) is 8.47. The van der Waals surface area contributed by atoms with Gasteiger partial charge in [-0.05, 0) is 24.3 Å². The molecule has 0 atom stereocenters. The summed E-state index contributed by atoms with van der Waals surface area (Å²) in [6.07, 6.45) is 3.05. The molecule has 0 aliphatic heterocycles. The maximum absolute atomic E-state index is 4.56. The molecule has 0 saturated carbocycles. The van der Waals surface area contributed by atoms with Crippen molar-refractivity contribution in [1.82, 2.24) is 9.55 Å². The van der Waals surface area contributed by atoms with Gasteiger partial charge in [-0.1, -0.05) is 45.0 Å². The monoisotopic (exact) mass is 242 g/mol. The van der Waals surface area contributed by atoms with Gasteiger partial charge >= 0.3 is 0 Å². The number of hydrogen-bond donors (Lipinski definition) is 0. The van der Waals surface area contributed by atoms with Crippen LogP contribution in [0.4, 0.5) is 0 Å². The third kappa shape index (κ3) is 2.07. The standard InChI is InChI=1S/C16H22N2/c1-6-16(3,4)14-10-8-7-9-13(14)15-17-11-12(2)18(15)5/h7-11H,6H2,1-5H3. The van der Waals surface area contributed by atoms with Crippen LogP contribution in [0.5, 0.6) is 0 Å². The molecule has 0 unspecified atom stereocenters. The highest BCUT2D eigenvalue weighted by Gasteiger charge is 2.23. The van der Waals surface area contributed by atoms with Crippen molar-refractivity contribution in [1.29, 1.82) is 0 Å². The normalized spacial score (nSPS) is 11.8. The minimum Gasteiger partial charge on any atom is -0.331 e. The Kier molecular flexibility index (Phi) is 3.29. The zero-order chi connectivity index (χ0) is 13.3. The topological polar surface area (TPSA) is 17.8 Å². The molecule has 2 aromatic rings. The molecule has 0 radical (unpaired) electrons. The smallest absolute Gasteiger partial charge is 0.140 e. The van der Waals surface area contributed by atoms with Crippen molar-refractivity contribution in [3.63, 3.8) is 0 Å². The largest absolute Gasteiger partial charge is 0.331 e. The average Bonchev–Trinajstić information content (AvgIpc) is 2.70. The van der Waals surface area contributed by atoms with Gasteiger partial charge in [-0.25, -0.2) is 4.98 Å². The summed E-state index contributed by atoms with van der Waals surface area (Å²) in [4.78, 5) is 4.56. The van der Waals surface area contributed by atoms with Crippen LogP contribution in [0.3, 0.4) is 0 Å². The summed E-state index contributed by atoms with van der Waals surface area (Å²) in [5.74, 6) is 1.06. The van der Waals surface area contributed by atoms with Gasteiger partial charge in [0.05, 0.1) is 0 Å². The molecule has 0 aliphatic carbocycles. The van der Waals surface area contributed by atoms with Crippen LogP contribution in [0.1, 0.15) is 38.4 Å². The molecule has 0 fully saturated rings. The lowest BCUT2D eigenvalue weighted by atomic mass is 9.79. The lowest BCUT2D eigenvalue weighted by Gasteiger charge is -2.26. The maximum atomic E-state index is 4.56. The van der Waals surface area contributed by atoms with Crippen LogP contribution in [0.2, 0.25) is 0 Å². The first-order valence-corrected chi connectivity index (χ1v) is 6.55. The average molecular weight is 242 g/mol. The molecule has 0 spiro atoms. The maximum Gasteiger partial charge on any atom is 0.140 e. The molecule has 0 aliphatic rings. The van der Waals surface area contributed by atoms with E-state index in [9.17, 15) is 0 Å². The third-order valence-electron chi connectivity index (χ3n) is 4.00. The van der Waals surface area contributed by atoms with E-state index in [1.54, 1.807) is 0 Å². The van der Waals surface area contributed by atoms with Crippen molar-refractivity contribution in [2.45, 2.75) is 39.5 Å². The Morgan fingerprint density at radius 2 is 1.89 bits per heavy atom. The molecular weight excluding hydrogens is 220 g/mol. The van der Waals surface area contributed by atoms with Gasteiger partial charge in [0, 0.05) is 24.5 Å². The minimum atomic E-state index is 0.177. The molecule has 0 saturated heterocycles. The Hall–Kier alpha value is -1.57. The summed E-state index contributed by atoms with van der Waals surface area (Å²) < 4.78 is 2.16. The van der Waals surface area contributed by atoms with Crippen LogP contribution in [0.15, 0.2) is 30.5 Å². The summed E-state index contributed by atoms with van der Waals surface area (Å²) in [6, 6.07) is 8.61. The number of aromatic nitrogens is 2. The second kappa shape index (κ2) is 4.60. The number of nitrogens with zero attached hydrogens (tertiary/aromatic N) is 2. The Balaban J connectivity index is 2.62. The molecule has 1 aromatic carbocycles. The fourth-order valence-corrected chi connectivity index (χ4v) is 2.20. The minimum absolute atomic E-state index is 0.177. The van der Waals surface area contributed by atoms with E-state index in [-0.39, 0.29) is 5.41 Å². The Morgan fingerprint density at radius 3 is 2.44 bits per heavy atom. The molecule has 0 amide bonds. The lowest BCUT2D eigenvalue weighted by Crippen LogP contribution is -2.17. The summed E-state index contributed by atoms with van der Waals surface area (Å²) in [7, 11) is 2.08. The molecule has 2 heteroatoms. The first kappa shape index (κ1) is 12.9. The fourth-order valence-electron chi connectivity index (χ4n) is 2.20. The van der Waals surface area contributed by atoms with Crippen molar-refractivity contribution in [2.24, 2.45) is 7.05 Å². The van der Waals surface area contributed by atoms with Crippen LogP contribution in [-0.2, 0) is 12.5 Å². The van der Waals surface area contributed by atoms with Gasteiger partial charge in [0.1, 0.15) is 5.82 Å². The number of imidazole rings is 1. The zero-order valence-corrected chi connectivity index (χ0v) is 12.0. The van der Waals surface area contributed by atoms with Crippen LogP contribution in [0.25, 0.3) is 11.4 Å². The highest BCUT2D eigenvalue weighted by atomic mass is 15.1. The molecule has 0 bridgehead atoms. The van der Waals surface area contributed by atoms with Crippen molar-refractivity contribution in [3.05, 3.63) is 41.7 Å². The van der Waals surface area contributed by atoms with Gasteiger partial charge in [0.25, 0.3) is 0 Å². The molecule has 1 aromatic heterocycles. The van der Waals surface area contributed by atoms with Crippen LogP contribution in [0, 0.1) is 6.92 Å². The Labute approximate surface area is 110 Å². The van der Waals surface area contributed by atoms with Gasteiger partial charge in [-0.3, -0.25) is 0 Å². The predicted molar refractivity (Wildman–Crippen MR) is 76.7 cm³/mol. The molecule has 18 heavy (non-hydrogen) atoms. The van der Waals surface area contributed by atoms with E-state index in [0.29, 0.717) is 0 Å². The van der Waals surface area contributed by atoms with Crippen LogP contribution >= 0.6 is 0 Å². The van der Waals surface area contributed by atoms with E-state index >= 15 is 0 Å². The van der Waals surface area contributed by atoms with E-state index in [1.807, 2.05) is 6.20 Å². The van der Waals surface area contributed by atoms with Crippen LogP contribution < -0.4 is 0 Å². The summed E-state index contributed by atoms with van der Waals surface area (Å²) in [5, 5.41) is 0. The predicted octanol–water partition coefficient (Wildman–Crippen LogP) is 4.08. The Bertz CT molecular complexity index is 550. The number of rotatable bonds is 3. The summed E-state index contributed by atoms with van der Waals surface area (Å²) >= 11 is 0. The van der Waals surface area contributed by atoms with Gasteiger partial charge in [0.15, 0.2) is 0 Å². The molecule has 96 valence electrons. The van der Waals surface area contributed by atoms with E-state index in [0.717, 1.165) is 12.2 Å². The Morgan fingerprint density at radius 1 is 1.22 bits per heavy atom. The second-order valence-electron chi connectivity index (χ2n) is 5.57. The third-order valence-corrected chi connectivity index (χ3v) is 4.00. The second-order valence-corrected chi connectivity index (χ2v) is 5.57. The highest BCUT2D eigenvalue weighted by molar-refractivity contribution is 5.63. The van der Waals surface area contributed by atoms with Crippen LogP contribution in [-0.4, -0.2) is 9.55 Å². The molecule has 0 N–H and O–H groups in total. The van der Waals surface area contributed by atoms with Gasteiger partial charge in [0.2, 0.25) is 0 Å². The van der Waals surface area contributed by atoms with Crippen molar-refractivity contribution < 1.29 is 0 Å². The van der Waals surface area contributed by atoms with Crippen molar-refractivity contribution >= 4 is 0 Å². The van der Waals surface area contributed by atoms with E-state index < -0.39 is 0 Å². The molecular formula is C16H22N2. The summed E-state index contributed by atoms with van der Waals surface area (Å²) in [6.45, 7) is 8.91. The number of aryl methyl sites for hydroxylation is 1. The van der Waals surface area contributed by atoms with Gasteiger partial charge < -0.3 is 4.57 Å².